The summed E-state index contributed by atoms with van der Waals surface area (Å²) in [4.78, 5) is 12.6. The second kappa shape index (κ2) is 8.53. The Kier molecular flexibility index (Phi) is 6.40. The van der Waals surface area contributed by atoms with Crippen molar-refractivity contribution in [2.75, 3.05) is 0 Å². The van der Waals surface area contributed by atoms with Gasteiger partial charge in [0.05, 0.1) is 0 Å². The molecule has 0 saturated heterocycles. The third kappa shape index (κ3) is 4.64. The SMILES string of the molecule is O=C(O)c1ccc(CCCC2C(Cl)CCC2C=CC2CCCC2)s1. The molecule has 2 aliphatic rings. The molecule has 1 N–H and O–H groups in total. The van der Waals surface area contributed by atoms with Crippen LogP contribution in [0.15, 0.2) is 24.3 Å². The molecule has 3 rings (SSSR count). The Morgan fingerprint density at radius 2 is 2.00 bits per heavy atom. The highest BCUT2D eigenvalue weighted by molar-refractivity contribution is 7.13. The van der Waals surface area contributed by atoms with E-state index in [1.54, 1.807) is 6.07 Å². The number of carboxylic acid groups (broad SMARTS) is 1. The van der Waals surface area contributed by atoms with E-state index < -0.39 is 5.97 Å². The van der Waals surface area contributed by atoms with Gasteiger partial charge in [-0.05, 0) is 74.8 Å². The standard InChI is InChI=1S/C20H27ClO2S/c21-18-12-10-15(9-8-14-4-1-2-5-14)17(18)7-3-6-16-11-13-19(24-16)20(22)23/h8-9,11,13-15,17-18H,1-7,10,12H2,(H,22,23). The number of aryl methyl sites for hydroxylation is 1. The van der Waals surface area contributed by atoms with Gasteiger partial charge in [-0.2, -0.15) is 0 Å². The lowest BCUT2D eigenvalue weighted by Gasteiger charge is -2.19. The number of aromatic carboxylic acids is 1. The molecule has 0 aromatic carbocycles. The maximum Gasteiger partial charge on any atom is 0.345 e. The number of thiophene rings is 1. The van der Waals surface area contributed by atoms with Crippen molar-refractivity contribution < 1.29 is 9.90 Å². The van der Waals surface area contributed by atoms with Crippen molar-refractivity contribution in [2.45, 2.75) is 63.2 Å². The fraction of sp³-hybridized carbons (Fsp3) is 0.650. The number of carbonyl (C=O) groups is 1. The van der Waals surface area contributed by atoms with Gasteiger partial charge in [0, 0.05) is 10.3 Å². The lowest BCUT2D eigenvalue weighted by molar-refractivity contribution is 0.0702. The van der Waals surface area contributed by atoms with E-state index in [1.807, 2.05) is 6.07 Å². The van der Waals surface area contributed by atoms with E-state index in [2.05, 4.69) is 12.2 Å². The van der Waals surface area contributed by atoms with Crippen molar-refractivity contribution in [3.63, 3.8) is 0 Å². The van der Waals surface area contributed by atoms with Crippen molar-refractivity contribution in [2.24, 2.45) is 17.8 Å². The molecule has 0 radical (unpaired) electrons. The molecule has 24 heavy (non-hydrogen) atoms. The summed E-state index contributed by atoms with van der Waals surface area (Å²) >= 11 is 7.99. The van der Waals surface area contributed by atoms with Gasteiger partial charge >= 0.3 is 5.97 Å². The Balaban J connectivity index is 1.49. The van der Waals surface area contributed by atoms with Gasteiger partial charge in [-0.15, -0.1) is 22.9 Å². The number of allylic oxidation sites excluding steroid dienone is 2. The molecule has 1 heterocycles. The van der Waals surface area contributed by atoms with Gasteiger partial charge in [0.15, 0.2) is 0 Å². The van der Waals surface area contributed by atoms with Gasteiger partial charge in [-0.3, -0.25) is 0 Å². The first kappa shape index (κ1) is 18.0. The average Bonchev–Trinajstić information content (AvgIpc) is 3.28. The third-order valence-corrected chi connectivity index (χ3v) is 7.33. The molecule has 0 amide bonds. The molecule has 2 fully saturated rings. The summed E-state index contributed by atoms with van der Waals surface area (Å²) in [7, 11) is 0. The molecule has 132 valence electrons. The summed E-state index contributed by atoms with van der Waals surface area (Å²) in [6, 6.07) is 3.67. The molecule has 2 aliphatic carbocycles. The number of hydrogen-bond acceptors (Lipinski definition) is 2. The molecular weight excluding hydrogens is 340 g/mol. The minimum absolute atomic E-state index is 0.307. The van der Waals surface area contributed by atoms with E-state index in [9.17, 15) is 4.79 Å². The number of halogens is 1. The van der Waals surface area contributed by atoms with Crippen LogP contribution in [0, 0.1) is 17.8 Å². The second-order valence-corrected chi connectivity index (χ2v) is 9.04. The minimum Gasteiger partial charge on any atom is -0.477 e. The van der Waals surface area contributed by atoms with Crippen LogP contribution in [-0.2, 0) is 6.42 Å². The van der Waals surface area contributed by atoms with Gasteiger partial charge < -0.3 is 5.11 Å². The predicted molar refractivity (Wildman–Crippen MR) is 101 cm³/mol. The molecule has 0 aliphatic heterocycles. The highest BCUT2D eigenvalue weighted by atomic mass is 35.5. The van der Waals surface area contributed by atoms with Crippen LogP contribution in [0.4, 0.5) is 0 Å². The zero-order valence-corrected chi connectivity index (χ0v) is 15.7. The maximum atomic E-state index is 10.9. The van der Waals surface area contributed by atoms with Gasteiger partial charge in [-0.25, -0.2) is 4.79 Å². The van der Waals surface area contributed by atoms with E-state index in [4.69, 9.17) is 16.7 Å². The van der Waals surface area contributed by atoms with Gasteiger partial charge in [0.25, 0.3) is 0 Å². The lowest BCUT2D eigenvalue weighted by atomic mass is 9.89. The van der Waals surface area contributed by atoms with E-state index in [-0.39, 0.29) is 0 Å². The van der Waals surface area contributed by atoms with Crippen LogP contribution in [-0.4, -0.2) is 16.5 Å². The van der Waals surface area contributed by atoms with Crippen molar-refractivity contribution in [3.8, 4) is 0 Å². The molecule has 0 bridgehead atoms. The smallest absolute Gasteiger partial charge is 0.345 e. The monoisotopic (exact) mass is 366 g/mol. The Morgan fingerprint density at radius 3 is 2.71 bits per heavy atom. The molecular formula is C20H27ClO2S. The van der Waals surface area contributed by atoms with Crippen LogP contribution in [0.5, 0.6) is 0 Å². The Labute approximate surface area is 153 Å². The van der Waals surface area contributed by atoms with Crippen molar-refractivity contribution in [1.29, 1.82) is 0 Å². The molecule has 0 spiro atoms. The van der Waals surface area contributed by atoms with Crippen LogP contribution in [0.2, 0.25) is 0 Å². The molecule has 4 heteroatoms. The molecule has 2 saturated carbocycles. The topological polar surface area (TPSA) is 37.3 Å². The van der Waals surface area contributed by atoms with Crippen molar-refractivity contribution >= 4 is 28.9 Å². The highest BCUT2D eigenvalue weighted by Gasteiger charge is 2.33. The summed E-state index contributed by atoms with van der Waals surface area (Å²) in [5.41, 5.74) is 0. The van der Waals surface area contributed by atoms with Crippen LogP contribution >= 0.6 is 22.9 Å². The Hall–Kier alpha value is -0.800. The van der Waals surface area contributed by atoms with Crippen LogP contribution in [0.25, 0.3) is 0 Å². The molecule has 2 nitrogen and oxygen atoms in total. The molecule has 1 aromatic rings. The maximum absolute atomic E-state index is 10.9. The summed E-state index contributed by atoms with van der Waals surface area (Å²) in [6.45, 7) is 0. The Morgan fingerprint density at radius 1 is 1.21 bits per heavy atom. The highest BCUT2D eigenvalue weighted by Crippen LogP contribution is 2.40. The normalized spacial score (nSPS) is 28.1. The van der Waals surface area contributed by atoms with Gasteiger partial charge in [-0.1, -0.05) is 25.0 Å². The number of carboxylic acids is 1. The summed E-state index contributed by atoms with van der Waals surface area (Å²) in [5, 5.41) is 9.31. The Bertz CT molecular complexity index is 574. The number of alkyl halides is 1. The fourth-order valence-corrected chi connectivity index (χ4v) is 5.60. The summed E-state index contributed by atoms with van der Waals surface area (Å²) in [5.74, 6) is 1.22. The molecule has 1 aromatic heterocycles. The predicted octanol–water partition coefficient (Wildman–Crippen LogP) is 6.15. The number of hydrogen-bond donors (Lipinski definition) is 1. The summed E-state index contributed by atoms with van der Waals surface area (Å²) in [6.07, 6.45) is 16.0. The largest absolute Gasteiger partial charge is 0.477 e. The van der Waals surface area contributed by atoms with E-state index >= 15 is 0 Å². The van der Waals surface area contributed by atoms with Crippen molar-refractivity contribution in [1.82, 2.24) is 0 Å². The first-order valence-electron chi connectivity index (χ1n) is 9.28. The van der Waals surface area contributed by atoms with Gasteiger partial charge in [0.1, 0.15) is 4.88 Å². The average molecular weight is 367 g/mol. The zero-order valence-electron chi connectivity index (χ0n) is 14.1. The molecule has 3 unspecified atom stereocenters. The van der Waals surface area contributed by atoms with Crippen LogP contribution in [0.3, 0.4) is 0 Å². The van der Waals surface area contributed by atoms with E-state index in [1.165, 1.54) is 48.3 Å². The lowest BCUT2D eigenvalue weighted by Crippen LogP contribution is -2.14. The van der Waals surface area contributed by atoms with Gasteiger partial charge in [0.2, 0.25) is 0 Å². The van der Waals surface area contributed by atoms with E-state index in [0.29, 0.717) is 22.1 Å². The first-order chi connectivity index (χ1) is 11.6. The quantitative estimate of drug-likeness (QED) is 0.464. The second-order valence-electron chi connectivity index (χ2n) is 7.31. The summed E-state index contributed by atoms with van der Waals surface area (Å²) < 4.78 is 0. The first-order valence-corrected chi connectivity index (χ1v) is 10.5. The van der Waals surface area contributed by atoms with E-state index in [0.717, 1.165) is 31.6 Å². The van der Waals surface area contributed by atoms with Crippen LogP contribution < -0.4 is 0 Å². The molecule has 3 atom stereocenters. The van der Waals surface area contributed by atoms with Crippen LogP contribution in [0.1, 0.15) is 65.9 Å². The fourth-order valence-electron chi connectivity index (χ4n) is 4.27. The minimum atomic E-state index is -0.819. The third-order valence-electron chi connectivity index (χ3n) is 5.65. The van der Waals surface area contributed by atoms with Crippen molar-refractivity contribution in [3.05, 3.63) is 34.0 Å². The zero-order chi connectivity index (χ0) is 16.9. The number of rotatable bonds is 7.